The fraction of sp³-hybridized carbons (Fsp3) is 1.00. The van der Waals surface area contributed by atoms with Crippen LogP contribution < -0.4 is 5.32 Å². The summed E-state index contributed by atoms with van der Waals surface area (Å²) >= 11 is 0. The predicted molar refractivity (Wildman–Crippen MR) is 47.0 cm³/mol. The van der Waals surface area contributed by atoms with Crippen molar-refractivity contribution in [2.75, 3.05) is 19.8 Å². The van der Waals surface area contributed by atoms with Crippen molar-refractivity contribution in [2.45, 2.75) is 31.7 Å². The van der Waals surface area contributed by atoms with E-state index in [-0.39, 0.29) is 0 Å². The van der Waals surface area contributed by atoms with Gasteiger partial charge in [-0.1, -0.05) is 6.42 Å². The van der Waals surface area contributed by atoms with Gasteiger partial charge in [-0.05, 0) is 24.7 Å². The van der Waals surface area contributed by atoms with Gasteiger partial charge >= 0.3 is 0 Å². The van der Waals surface area contributed by atoms with E-state index < -0.39 is 0 Å². The molecule has 68 valence electrons. The molecule has 3 aliphatic rings. The first-order valence-electron chi connectivity index (χ1n) is 5.22. The molecule has 3 fully saturated rings. The summed E-state index contributed by atoms with van der Waals surface area (Å²) in [6.45, 7) is 3.30. The second-order valence-electron chi connectivity index (χ2n) is 4.70. The van der Waals surface area contributed by atoms with Crippen LogP contribution in [-0.2, 0) is 4.74 Å². The Labute approximate surface area is 73.7 Å². The molecular formula is C10H17NO. The summed E-state index contributed by atoms with van der Waals surface area (Å²) in [6.07, 6.45) is 5.70. The van der Waals surface area contributed by atoms with Crippen LogP contribution in [0.3, 0.4) is 0 Å². The zero-order valence-electron chi connectivity index (χ0n) is 7.51. The van der Waals surface area contributed by atoms with E-state index in [9.17, 15) is 0 Å². The zero-order chi connectivity index (χ0) is 8.02. The number of nitrogens with one attached hydrogen (secondary N) is 1. The number of hydrogen-bond acceptors (Lipinski definition) is 2. The largest absolute Gasteiger partial charge is 0.381 e. The van der Waals surface area contributed by atoms with Gasteiger partial charge in [0.25, 0.3) is 0 Å². The molecule has 0 radical (unpaired) electrons. The Hall–Kier alpha value is -0.0800. The quantitative estimate of drug-likeness (QED) is 0.633. The van der Waals surface area contributed by atoms with Crippen molar-refractivity contribution in [2.24, 2.45) is 11.3 Å². The lowest BCUT2D eigenvalue weighted by Gasteiger charge is -2.58. The number of rotatable bonds is 1. The topological polar surface area (TPSA) is 21.3 Å². The highest BCUT2D eigenvalue weighted by atomic mass is 16.5. The molecule has 3 rings (SSSR count). The minimum Gasteiger partial charge on any atom is -0.381 e. The van der Waals surface area contributed by atoms with Crippen LogP contribution in [0.25, 0.3) is 0 Å². The van der Waals surface area contributed by atoms with Crippen LogP contribution in [0.5, 0.6) is 0 Å². The van der Waals surface area contributed by atoms with Gasteiger partial charge in [-0.25, -0.2) is 0 Å². The Morgan fingerprint density at radius 2 is 2.25 bits per heavy atom. The van der Waals surface area contributed by atoms with Gasteiger partial charge < -0.3 is 10.1 Å². The maximum absolute atomic E-state index is 5.44. The highest BCUT2D eigenvalue weighted by Gasteiger charge is 2.53. The van der Waals surface area contributed by atoms with Crippen LogP contribution in [0.1, 0.15) is 25.7 Å². The van der Waals surface area contributed by atoms with E-state index in [0.717, 1.165) is 30.6 Å². The fourth-order valence-corrected chi connectivity index (χ4v) is 3.11. The molecule has 1 N–H and O–H groups in total. The molecule has 1 aliphatic carbocycles. The molecule has 2 atom stereocenters. The molecule has 0 bridgehead atoms. The molecule has 0 aromatic heterocycles. The summed E-state index contributed by atoms with van der Waals surface area (Å²) in [5.74, 6) is 0.832. The monoisotopic (exact) mass is 167 g/mol. The molecule has 2 heterocycles. The Kier molecular flexibility index (Phi) is 1.50. The molecule has 0 aromatic carbocycles. The van der Waals surface area contributed by atoms with E-state index in [1.165, 1.54) is 32.2 Å². The van der Waals surface area contributed by atoms with Gasteiger partial charge in [-0.3, -0.25) is 0 Å². The standard InChI is InChI=1S/C10H17NO/c1-3-10(4-1)7-11-9(10)8-2-5-12-6-8/h8-9,11H,1-7H2. The van der Waals surface area contributed by atoms with Crippen molar-refractivity contribution in [3.05, 3.63) is 0 Å². The first-order valence-corrected chi connectivity index (χ1v) is 5.22. The lowest BCUT2D eigenvalue weighted by atomic mass is 9.56. The molecule has 2 saturated heterocycles. The van der Waals surface area contributed by atoms with E-state index in [4.69, 9.17) is 4.74 Å². The van der Waals surface area contributed by atoms with Gasteiger partial charge in [-0.15, -0.1) is 0 Å². The molecule has 1 saturated carbocycles. The van der Waals surface area contributed by atoms with Crippen LogP contribution in [0.2, 0.25) is 0 Å². The third-order valence-corrected chi connectivity index (χ3v) is 4.12. The lowest BCUT2D eigenvalue weighted by molar-refractivity contribution is -0.0356. The van der Waals surface area contributed by atoms with Crippen molar-refractivity contribution >= 4 is 0 Å². The Bertz CT molecular complexity index is 177. The summed E-state index contributed by atoms with van der Waals surface area (Å²) in [6, 6.07) is 0.814. The van der Waals surface area contributed by atoms with Crippen LogP contribution in [0.15, 0.2) is 0 Å². The van der Waals surface area contributed by atoms with Crippen LogP contribution >= 0.6 is 0 Å². The molecule has 0 aromatic rings. The molecule has 2 aliphatic heterocycles. The summed E-state index contributed by atoms with van der Waals surface area (Å²) in [5.41, 5.74) is 0.734. The normalized spacial score (nSPS) is 44.0. The van der Waals surface area contributed by atoms with Crippen molar-refractivity contribution in [1.29, 1.82) is 0 Å². The van der Waals surface area contributed by atoms with Gasteiger partial charge in [0, 0.05) is 25.1 Å². The lowest BCUT2D eigenvalue weighted by Crippen LogP contribution is -2.68. The van der Waals surface area contributed by atoms with E-state index in [0.29, 0.717) is 0 Å². The van der Waals surface area contributed by atoms with Gasteiger partial charge in [-0.2, -0.15) is 0 Å². The summed E-state index contributed by atoms with van der Waals surface area (Å²) < 4.78 is 5.44. The van der Waals surface area contributed by atoms with Crippen molar-refractivity contribution in [3.63, 3.8) is 0 Å². The molecule has 1 spiro atoms. The second-order valence-corrected chi connectivity index (χ2v) is 4.70. The van der Waals surface area contributed by atoms with Crippen LogP contribution in [-0.4, -0.2) is 25.8 Å². The van der Waals surface area contributed by atoms with Crippen molar-refractivity contribution < 1.29 is 4.74 Å². The van der Waals surface area contributed by atoms with Crippen LogP contribution in [0.4, 0.5) is 0 Å². The molecular weight excluding hydrogens is 150 g/mol. The van der Waals surface area contributed by atoms with Gasteiger partial charge in [0.2, 0.25) is 0 Å². The average Bonchev–Trinajstić information content (AvgIpc) is 2.33. The Morgan fingerprint density at radius 1 is 1.33 bits per heavy atom. The number of ether oxygens (including phenoxy) is 1. The van der Waals surface area contributed by atoms with E-state index in [2.05, 4.69) is 5.32 Å². The molecule has 0 amide bonds. The second kappa shape index (κ2) is 2.46. The van der Waals surface area contributed by atoms with E-state index in [1.54, 1.807) is 0 Å². The van der Waals surface area contributed by atoms with E-state index >= 15 is 0 Å². The highest BCUT2D eigenvalue weighted by Crippen LogP contribution is 2.51. The maximum Gasteiger partial charge on any atom is 0.0510 e. The van der Waals surface area contributed by atoms with E-state index in [1.807, 2.05) is 0 Å². The molecule has 2 unspecified atom stereocenters. The summed E-state index contributed by atoms with van der Waals surface area (Å²) in [4.78, 5) is 0. The number of hydrogen-bond donors (Lipinski definition) is 1. The minimum absolute atomic E-state index is 0.734. The Morgan fingerprint density at radius 3 is 2.67 bits per heavy atom. The zero-order valence-corrected chi connectivity index (χ0v) is 7.51. The molecule has 2 heteroatoms. The Balaban J connectivity index is 1.68. The maximum atomic E-state index is 5.44. The van der Waals surface area contributed by atoms with Gasteiger partial charge in [0.15, 0.2) is 0 Å². The fourth-order valence-electron chi connectivity index (χ4n) is 3.11. The summed E-state index contributed by atoms with van der Waals surface area (Å²) in [7, 11) is 0. The molecule has 12 heavy (non-hydrogen) atoms. The predicted octanol–water partition coefficient (Wildman–Crippen LogP) is 1.17. The van der Waals surface area contributed by atoms with Gasteiger partial charge in [0.1, 0.15) is 0 Å². The smallest absolute Gasteiger partial charge is 0.0510 e. The van der Waals surface area contributed by atoms with Gasteiger partial charge in [0.05, 0.1) is 6.61 Å². The summed E-state index contributed by atoms with van der Waals surface area (Å²) in [5, 5.41) is 3.60. The third kappa shape index (κ3) is 0.826. The SMILES string of the molecule is C1CC2(C1)CNC2C1CCOC1. The van der Waals surface area contributed by atoms with Crippen molar-refractivity contribution in [3.8, 4) is 0 Å². The first kappa shape index (κ1) is 7.34. The third-order valence-electron chi connectivity index (χ3n) is 4.12. The highest BCUT2D eigenvalue weighted by molar-refractivity contribution is 5.09. The van der Waals surface area contributed by atoms with Crippen molar-refractivity contribution in [1.82, 2.24) is 5.32 Å². The van der Waals surface area contributed by atoms with Crippen LogP contribution in [0, 0.1) is 11.3 Å². The molecule has 2 nitrogen and oxygen atoms in total. The first-order chi connectivity index (χ1) is 5.91. The minimum atomic E-state index is 0.734. The average molecular weight is 167 g/mol.